The van der Waals surface area contributed by atoms with Gasteiger partial charge < -0.3 is 4.74 Å². The number of hydrogen-bond donors (Lipinski definition) is 0. The molecule has 0 rings (SSSR count). The first kappa shape index (κ1) is 18.0. The first-order valence-corrected chi connectivity index (χ1v) is 5.86. The Morgan fingerprint density at radius 3 is 1.50 bits per heavy atom. The molecule has 81 valence electrons. The molecule has 0 aromatic carbocycles. The molecule has 0 amide bonds. The number of unbranched alkanes of at least 4 members (excludes halogenated alkanes) is 2. The maximum absolute atomic E-state index is 5.85. The van der Waals surface area contributed by atoms with E-state index < -0.39 is 0 Å². The van der Waals surface area contributed by atoms with Crippen molar-refractivity contribution in [2.45, 2.75) is 78.4 Å². The maximum atomic E-state index is 5.85. The zero-order valence-electron chi connectivity index (χ0n) is 10.8. The molecule has 1 nitrogen and oxygen atoms in total. The van der Waals surface area contributed by atoms with Crippen molar-refractivity contribution in [3.05, 3.63) is 0 Å². The van der Waals surface area contributed by atoms with E-state index in [9.17, 15) is 0 Å². The molecule has 2 unspecified atom stereocenters. The van der Waals surface area contributed by atoms with Crippen molar-refractivity contribution in [2.24, 2.45) is 0 Å². The van der Waals surface area contributed by atoms with Crippen molar-refractivity contribution in [1.29, 1.82) is 0 Å². The van der Waals surface area contributed by atoms with Gasteiger partial charge in [-0.2, -0.15) is 0 Å². The minimum Gasteiger partial charge on any atom is -0.376 e. The van der Waals surface area contributed by atoms with Gasteiger partial charge >= 0.3 is 0 Å². The van der Waals surface area contributed by atoms with Crippen molar-refractivity contribution in [3.63, 3.8) is 0 Å². The molecule has 0 fully saturated rings. The molecule has 0 aliphatic heterocycles. The quantitative estimate of drug-likeness (QED) is 0.571. The molecule has 0 N–H and O–H groups in total. The zero-order valence-corrected chi connectivity index (χ0v) is 13.9. The van der Waals surface area contributed by atoms with Gasteiger partial charge in [-0.15, -0.1) is 0 Å². The van der Waals surface area contributed by atoms with Crippen LogP contribution in [0, 0.1) is 0 Å². The molecule has 14 heavy (non-hydrogen) atoms. The number of hydrogen-bond acceptors (Lipinski definition) is 1. The van der Waals surface area contributed by atoms with E-state index in [-0.39, 0.29) is 51.4 Å². The molecule has 2 heteroatoms. The fourth-order valence-electron chi connectivity index (χ4n) is 1.52. The molecule has 0 heterocycles. The maximum Gasteiger partial charge on any atom is 0.0550 e. The van der Waals surface area contributed by atoms with Crippen LogP contribution in [0.15, 0.2) is 0 Å². The van der Waals surface area contributed by atoms with Crippen LogP contribution in [0.25, 0.3) is 0 Å². The van der Waals surface area contributed by atoms with Gasteiger partial charge in [0.25, 0.3) is 0 Å². The topological polar surface area (TPSA) is 9.23 Å². The van der Waals surface area contributed by atoms with E-state index in [4.69, 9.17) is 4.74 Å². The average molecular weight is 225 g/mol. The summed E-state index contributed by atoms with van der Waals surface area (Å²) >= 11 is 0. The number of ether oxygens (including phenoxy) is 1. The second kappa shape index (κ2) is 12.7. The summed E-state index contributed by atoms with van der Waals surface area (Å²) in [6, 6.07) is 0. The van der Waals surface area contributed by atoms with Crippen molar-refractivity contribution in [3.8, 4) is 0 Å². The van der Waals surface area contributed by atoms with E-state index in [1.165, 1.54) is 38.5 Å². The summed E-state index contributed by atoms with van der Waals surface area (Å²) in [4.78, 5) is 0. The van der Waals surface area contributed by atoms with Gasteiger partial charge in [0, 0.05) is 51.4 Å². The fraction of sp³-hybridized carbons (Fsp3) is 1.00. The molecule has 0 spiro atoms. The standard InChI is InChI=1S/C12H26O.K/c1-5-7-9-11(3)13-12(4)10-8-6-2;/h11-12H,5-10H2,1-4H3;. The third kappa shape index (κ3) is 11.7. The van der Waals surface area contributed by atoms with Crippen LogP contribution in [-0.2, 0) is 4.74 Å². The van der Waals surface area contributed by atoms with E-state index >= 15 is 0 Å². The Balaban J connectivity index is 0. The smallest absolute Gasteiger partial charge is 0.0550 e. The van der Waals surface area contributed by atoms with Crippen LogP contribution in [0.3, 0.4) is 0 Å². The second-order valence-corrected chi connectivity index (χ2v) is 4.04. The minimum absolute atomic E-state index is 0. The minimum atomic E-state index is 0. The Morgan fingerprint density at radius 1 is 0.857 bits per heavy atom. The van der Waals surface area contributed by atoms with Crippen molar-refractivity contribution >= 4 is 51.4 Å². The van der Waals surface area contributed by atoms with E-state index in [0.29, 0.717) is 12.2 Å². The predicted molar refractivity (Wildman–Crippen MR) is 64.8 cm³/mol. The third-order valence-electron chi connectivity index (χ3n) is 2.39. The first-order chi connectivity index (χ1) is 6.20. The van der Waals surface area contributed by atoms with Gasteiger partial charge in [0.1, 0.15) is 0 Å². The molecule has 0 aliphatic rings. The summed E-state index contributed by atoms with van der Waals surface area (Å²) in [7, 11) is 0. The van der Waals surface area contributed by atoms with Crippen LogP contribution in [-0.4, -0.2) is 63.6 Å². The Hall–Kier alpha value is 1.60. The largest absolute Gasteiger partial charge is 0.376 e. The molecule has 2 atom stereocenters. The summed E-state index contributed by atoms with van der Waals surface area (Å²) in [5.41, 5.74) is 0. The van der Waals surface area contributed by atoms with Gasteiger partial charge in [-0.1, -0.05) is 39.5 Å². The van der Waals surface area contributed by atoms with Crippen molar-refractivity contribution in [2.75, 3.05) is 0 Å². The summed E-state index contributed by atoms with van der Waals surface area (Å²) in [6.07, 6.45) is 8.47. The average Bonchev–Trinajstić information content (AvgIpc) is 2.11. The van der Waals surface area contributed by atoms with Crippen molar-refractivity contribution < 1.29 is 4.74 Å². The van der Waals surface area contributed by atoms with Crippen LogP contribution < -0.4 is 0 Å². The molecular formula is C12H26KO. The van der Waals surface area contributed by atoms with Gasteiger partial charge in [0.2, 0.25) is 0 Å². The summed E-state index contributed by atoms with van der Waals surface area (Å²) in [6.45, 7) is 8.84. The Labute approximate surface area is 133 Å². The SMILES string of the molecule is CCCCC(C)OC(C)CCCC.[K]. The molecule has 1 radical (unpaired) electrons. The summed E-state index contributed by atoms with van der Waals surface area (Å²) in [5, 5.41) is 0. The second-order valence-electron chi connectivity index (χ2n) is 4.04. The normalized spacial score (nSPS) is 14.6. The van der Waals surface area contributed by atoms with Gasteiger partial charge in [0.15, 0.2) is 0 Å². The molecule has 0 bridgehead atoms. The molecule has 0 saturated carbocycles. The van der Waals surface area contributed by atoms with Gasteiger partial charge in [-0.05, 0) is 26.7 Å². The first-order valence-electron chi connectivity index (χ1n) is 5.86. The summed E-state index contributed by atoms with van der Waals surface area (Å²) in [5.74, 6) is 0. The number of rotatable bonds is 8. The van der Waals surface area contributed by atoms with Gasteiger partial charge in [-0.25, -0.2) is 0 Å². The van der Waals surface area contributed by atoms with E-state index in [1.54, 1.807) is 0 Å². The van der Waals surface area contributed by atoms with E-state index in [1.807, 2.05) is 0 Å². The monoisotopic (exact) mass is 225 g/mol. The van der Waals surface area contributed by atoms with Gasteiger partial charge in [0.05, 0.1) is 12.2 Å². The van der Waals surface area contributed by atoms with Crippen LogP contribution in [0.1, 0.15) is 66.2 Å². The van der Waals surface area contributed by atoms with Crippen LogP contribution in [0.2, 0.25) is 0 Å². The molecule has 0 aromatic heterocycles. The molecule has 0 saturated heterocycles. The molecule has 0 aromatic rings. The Kier molecular flexibility index (Phi) is 16.3. The third-order valence-corrected chi connectivity index (χ3v) is 2.39. The van der Waals surface area contributed by atoms with E-state index in [0.717, 1.165) is 0 Å². The Morgan fingerprint density at radius 2 is 1.21 bits per heavy atom. The van der Waals surface area contributed by atoms with Crippen LogP contribution in [0.4, 0.5) is 0 Å². The molecule has 0 aliphatic carbocycles. The Bertz CT molecular complexity index is 94.5. The van der Waals surface area contributed by atoms with Crippen LogP contribution >= 0.6 is 0 Å². The van der Waals surface area contributed by atoms with Crippen LogP contribution in [0.5, 0.6) is 0 Å². The van der Waals surface area contributed by atoms with E-state index in [2.05, 4.69) is 27.7 Å². The van der Waals surface area contributed by atoms with Gasteiger partial charge in [-0.3, -0.25) is 0 Å². The zero-order chi connectivity index (χ0) is 10.1. The van der Waals surface area contributed by atoms with Crippen molar-refractivity contribution in [1.82, 2.24) is 0 Å². The summed E-state index contributed by atoms with van der Waals surface area (Å²) < 4.78 is 5.85. The predicted octanol–water partition coefficient (Wildman–Crippen LogP) is 3.78. The molecular weight excluding hydrogens is 199 g/mol. The fourth-order valence-corrected chi connectivity index (χ4v) is 1.52.